The van der Waals surface area contributed by atoms with E-state index >= 15 is 0 Å². The second-order valence-electron chi connectivity index (χ2n) is 12.9. The summed E-state index contributed by atoms with van der Waals surface area (Å²) in [6, 6.07) is 53.0. The van der Waals surface area contributed by atoms with E-state index in [1.54, 1.807) is 0 Å². The van der Waals surface area contributed by atoms with Gasteiger partial charge in [-0.2, -0.15) is 12.1 Å². The van der Waals surface area contributed by atoms with Crippen LogP contribution in [0.25, 0.3) is 65.3 Å². The first-order valence-corrected chi connectivity index (χ1v) is 16.8. The molecule has 0 saturated heterocycles. The number of hydrogen-bond acceptors (Lipinski definition) is 0. The van der Waals surface area contributed by atoms with Crippen LogP contribution in [-0.4, -0.2) is 0 Å². The van der Waals surface area contributed by atoms with Gasteiger partial charge in [-0.3, -0.25) is 0 Å². The molecule has 0 saturated carbocycles. The second kappa shape index (κ2) is 18.5. The third-order valence-electron chi connectivity index (χ3n) is 9.04. The molecule has 0 aliphatic carbocycles. The molecule has 0 heterocycles. The smallest absolute Gasteiger partial charge is 1.00 e. The van der Waals surface area contributed by atoms with Crippen LogP contribution in [0.2, 0.25) is 0 Å². The summed E-state index contributed by atoms with van der Waals surface area (Å²) in [5.74, 6) is 1.13. The van der Waals surface area contributed by atoms with Crippen molar-refractivity contribution < 1.29 is 46.5 Å². The topological polar surface area (TPSA) is 0 Å². The fourth-order valence-corrected chi connectivity index (χ4v) is 6.57. The number of halogens is 2. The first-order chi connectivity index (χ1) is 22.9. The average Bonchev–Trinajstić information content (AvgIpc) is 3.74. The summed E-state index contributed by atoms with van der Waals surface area (Å²) in [6.07, 6.45) is 0.750. The molecule has 254 valence electrons. The van der Waals surface area contributed by atoms with E-state index in [1.807, 2.05) is 0 Å². The predicted molar refractivity (Wildman–Crippen MR) is 208 cm³/mol. The van der Waals surface area contributed by atoms with Gasteiger partial charge in [0.2, 0.25) is 0 Å². The quantitative estimate of drug-likeness (QED) is 0.127. The molecule has 0 N–H and O–H groups in total. The molecule has 0 radical (unpaired) electrons. The molecule has 0 fully saturated rings. The van der Waals surface area contributed by atoms with Crippen molar-refractivity contribution in [3.63, 3.8) is 0 Å². The number of hydrogen-bond donors (Lipinski definition) is 0. The fourth-order valence-electron chi connectivity index (χ4n) is 6.57. The third-order valence-corrected chi connectivity index (χ3v) is 9.04. The van der Waals surface area contributed by atoms with E-state index in [4.69, 9.17) is 0 Å². The molecule has 8 rings (SSSR count). The van der Waals surface area contributed by atoms with Crippen LogP contribution in [-0.2, 0) is 21.7 Å². The standard InChI is InChI=1S/2C22H19.C3H6.2ClH.Ti/c2*1-15(2)18-13-17-9-6-12-21(22(17)14-18)20-11-5-8-16-7-3-4-10-19(16)20;1-3-2;;;/h2*3-15H,1-2H3;1-3H2;2*1H;/q2*-1;-2;;;+2/p-2. The van der Waals surface area contributed by atoms with Crippen LogP contribution in [0.15, 0.2) is 146 Å². The summed E-state index contributed by atoms with van der Waals surface area (Å²) in [4.78, 5) is 0. The molecule has 0 aromatic heterocycles. The van der Waals surface area contributed by atoms with Gasteiger partial charge in [0.15, 0.2) is 0 Å². The zero-order valence-corrected chi connectivity index (χ0v) is 32.5. The van der Waals surface area contributed by atoms with Gasteiger partial charge in [0.05, 0.1) is 0 Å². The Morgan fingerprint density at radius 3 is 1.10 bits per heavy atom. The SMILES string of the molecule is CC(C)c1cc2c(-c3cccc4ccccc34)cccc2[cH-]1.CC(C)c1cc2c(-c3cccc4ccccc34)cccc2[cH-]1.[CH2-]C[CH2-].[Cl-].[Cl-].[Ti+2]. The van der Waals surface area contributed by atoms with Gasteiger partial charge < -0.3 is 45.1 Å². The van der Waals surface area contributed by atoms with Crippen LogP contribution >= 0.6 is 0 Å². The van der Waals surface area contributed by atoms with Crippen LogP contribution in [0, 0.1) is 13.8 Å². The van der Waals surface area contributed by atoms with Gasteiger partial charge in [-0.25, -0.2) is 0 Å². The molecule has 0 nitrogen and oxygen atoms in total. The normalized spacial score (nSPS) is 10.6. The van der Waals surface area contributed by atoms with Gasteiger partial charge in [0, 0.05) is 0 Å². The summed E-state index contributed by atoms with van der Waals surface area (Å²) in [5.41, 5.74) is 8.15. The summed E-state index contributed by atoms with van der Waals surface area (Å²) in [7, 11) is 0. The maximum absolute atomic E-state index is 3.38. The molecule has 8 aromatic rings. The Labute approximate surface area is 326 Å². The van der Waals surface area contributed by atoms with Crippen molar-refractivity contribution in [2.45, 2.75) is 46.0 Å². The summed E-state index contributed by atoms with van der Waals surface area (Å²) in [5, 5.41) is 10.7. The van der Waals surface area contributed by atoms with E-state index in [1.165, 1.54) is 76.5 Å². The zero-order chi connectivity index (χ0) is 32.9. The van der Waals surface area contributed by atoms with Crippen molar-refractivity contribution in [2.24, 2.45) is 0 Å². The van der Waals surface area contributed by atoms with Crippen molar-refractivity contribution in [3.8, 4) is 22.3 Å². The molecule has 50 heavy (non-hydrogen) atoms. The molecule has 0 atom stereocenters. The Bertz CT molecular complexity index is 2100. The third kappa shape index (κ3) is 8.62. The minimum absolute atomic E-state index is 0. The van der Waals surface area contributed by atoms with Crippen molar-refractivity contribution >= 4 is 43.1 Å². The number of rotatable bonds is 4. The largest absolute Gasteiger partial charge is 2.00 e. The zero-order valence-electron chi connectivity index (χ0n) is 29.4. The van der Waals surface area contributed by atoms with E-state index < -0.39 is 0 Å². The Kier molecular flexibility index (Phi) is 15.1. The van der Waals surface area contributed by atoms with Crippen LogP contribution in [0.4, 0.5) is 0 Å². The first-order valence-electron chi connectivity index (χ1n) is 16.8. The van der Waals surface area contributed by atoms with E-state index in [-0.39, 0.29) is 46.5 Å². The Morgan fingerprint density at radius 1 is 0.440 bits per heavy atom. The molecule has 0 unspecified atom stereocenters. The van der Waals surface area contributed by atoms with Gasteiger partial charge >= 0.3 is 21.7 Å². The minimum atomic E-state index is 0. The van der Waals surface area contributed by atoms with Gasteiger partial charge in [0.25, 0.3) is 0 Å². The summed E-state index contributed by atoms with van der Waals surface area (Å²) < 4.78 is 0. The Hall–Kier alpha value is -3.65. The first kappa shape index (κ1) is 40.8. The van der Waals surface area contributed by atoms with Crippen LogP contribution in [0.1, 0.15) is 57.1 Å². The van der Waals surface area contributed by atoms with E-state index in [2.05, 4.69) is 187 Å². The van der Waals surface area contributed by atoms with E-state index in [0.29, 0.717) is 11.8 Å². The summed E-state index contributed by atoms with van der Waals surface area (Å²) >= 11 is 0. The van der Waals surface area contributed by atoms with Gasteiger partial charge in [0.1, 0.15) is 0 Å². The van der Waals surface area contributed by atoms with Crippen LogP contribution < -0.4 is 24.8 Å². The van der Waals surface area contributed by atoms with Gasteiger partial charge in [-0.1, -0.05) is 136 Å². The van der Waals surface area contributed by atoms with E-state index in [9.17, 15) is 0 Å². The molecular formula is C47H44Cl2Ti-4. The van der Waals surface area contributed by atoms with Crippen molar-refractivity contribution in [3.05, 3.63) is 171 Å². The van der Waals surface area contributed by atoms with Crippen LogP contribution in [0.3, 0.4) is 0 Å². The van der Waals surface area contributed by atoms with Crippen molar-refractivity contribution in [1.29, 1.82) is 0 Å². The molecule has 0 amide bonds. The monoisotopic (exact) mass is 726 g/mol. The number of benzene rings is 6. The fraction of sp³-hybridized carbons (Fsp3) is 0.149. The molecule has 3 heteroatoms. The predicted octanol–water partition coefficient (Wildman–Crippen LogP) is 8.05. The minimum Gasteiger partial charge on any atom is -1.00 e. The second-order valence-corrected chi connectivity index (χ2v) is 12.9. The molecular weight excluding hydrogens is 683 g/mol. The van der Waals surface area contributed by atoms with Gasteiger partial charge in [-0.15, -0.1) is 69.1 Å². The van der Waals surface area contributed by atoms with Gasteiger partial charge in [-0.05, 0) is 44.5 Å². The van der Waals surface area contributed by atoms with Crippen molar-refractivity contribution in [2.75, 3.05) is 0 Å². The molecule has 0 spiro atoms. The maximum atomic E-state index is 3.38. The molecule has 0 aliphatic heterocycles. The van der Waals surface area contributed by atoms with E-state index in [0.717, 1.165) is 6.42 Å². The molecule has 0 aliphatic rings. The maximum Gasteiger partial charge on any atom is 2.00 e. The van der Waals surface area contributed by atoms with Crippen molar-refractivity contribution in [1.82, 2.24) is 0 Å². The number of fused-ring (bicyclic) bond motifs is 4. The molecule has 8 aromatic carbocycles. The Morgan fingerprint density at radius 2 is 0.740 bits per heavy atom. The molecule has 0 bridgehead atoms. The average molecular weight is 728 g/mol. The van der Waals surface area contributed by atoms with Crippen LogP contribution in [0.5, 0.6) is 0 Å². The Balaban J connectivity index is 0.000000238. The summed E-state index contributed by atoms with van der Waals surface area (Å²) in [6.45, 7) is 15.8.